The molecule has 4 nitrogen and oxygen atoms in total. The van der Waals surface area contributed by atoms with Gasteiger partial charge in [-0.15, -0.1) is 0 Å². The van der Waals surface area contributed by atoms with Crippen LogP contribution >= 0.6 is 11.6 Å². The van der Waals surface area contributed by atoms with Crippen LogP contribution in [0.4, 0.5) is 0 Å². The van der Waals surface area contributed by atoms with Crippen LogP contribution in [0.1, 0.15) is 26.2 Å². The van der Waals surface area contributed by atoms with Crippen molar-refractivity contribution in [3.8, 4) is 0 Å². The maximum absolute atomic E-state index is 12.5. The lowest BCUT2D eigenvalue weighted by molar-refractivity contribution is -0.130. The van der Waals surface area contributed by atoms with Gasteiger partial charge in [0.1, 0.15) is 0 Å². The number of nitrogens with zero attached hydrogens (tertiary/aromatic N) is 1. The molecule has 0 bridgehead atoms. The van der Waals surface area contributed by atoms with Crippen LogP contribution in [-0.4, -0.2) is 37.6 Å². The number of carbonyl (C=O) groups excluding carboxylic acids is 1. The molecular weight excluding hydrogens is 298 g/mol. The van der Waals surface area contributed by atoms with Crippen molar-refractivity contribution in [2.24, 2.45) is 0 Å². The minimum Gasteiger partial charge on any atom is -0.341 e. The molecule has 0 spiro atoms. The third kappa shape index (κ3) is 3.15. The van der Waals surface area contributed by atoms with Crippen molar-refractivity contribution >= 4 is 27.3 Å². The van der Waals surface area contributed by atoms with Crippen molar-refractivity contribution in [1.82, 2.24) is 4.90 Å². The van der Waals surface area contributed by atoms with E-state index in [0.717, 1.165) is 6.42 Å². The molecule has 0 N–H and O–H groups in total. The van der Waals surface area contributed by atoms with E-state index < -0.39 is 15.1 Å². The molecule has 1 unspecified atom stereocenters. The van der Waals surface area contributed by atoms with Gasteiger partial charge in [-0.05, 0) is 37.1 Å². The molecule has 1 heterocycles. The van der Waals surface area contributed by atoms with Gasteiger partial charge in [0.05, 0.1) is 10.1 Å². The van der Waals surface area contributed by atoms with Gasteiger partial charge in [0.15, 0.2) is 9.84 Å². The third-order valence-corrected chi connectivity index (χ3v) is 5.99. The van der Waals surface area contributed by atoms with Crippen LogP contribution < -0.4 is 0 Å². The van der Waals surface area contributed by atoms with Gasteiger partial charge in [0.25, 0.3) is 0 Å². The molecular formula is C14H18ClNO3S. The summed E-state index contributed by atoms with van der Waals surface area (Å²) in [5.74, 6) is 0.0429. The van der Waals surface area contributed by atoms with Crippen LogP contribution in [-0.2, 0) is 14.6 Å². The number of amides is 1. The number of hydrogen-bond acceptors (Lipinski definition) is 3. The predicted octanol–water partition coefficient (Wildman–Crippen LogP) is 2.51. The van der Waals surface area contributed by atoms with Crippen LogP contribution in [0.25, 0.3) is 0 Å². The Labute approximate surface area is 124 Å². The predicted molar refractivity (Wildman–Crippen MR) is 78.5 cm³/mol. The molecule has 1 aliphatic rings. The van der Waals surface area contributed by atoms with Crippen molar-refractivity contribution in [1.29, 1.82) is 0 Å². The molecule has 0 saturated carbocycles. The molecule has 0 aliphatic carbocycles. The second-order valence-electron chi connectivity index (χ2n) is 5.00. The highest BCUT2D eigenvalue weighted by molar-refractivity contribution is 7.92. The minimum absolute atomic E-state index is 0.0429. The van der Waals surface area contributed by atoms with E-state index in [9.17, 15) is 13.2 Å². The van der Waals surface area contributed by atoms with Crippen molar-refractivity contribution in [3.05, 3.63) is 29.3 Å². The lowest BCUT2D eigenvalue weighted by Crippen LogP contribution is -2.31. The molecule has 2 rings (SSSR count). The molecule has 0 radical (unpaired) electrons. The number of carbonyl (C=O) groups is 1. The first-order chi connectivity index (χ1) is 9.45. The standard InChI is InChI=1S/C14H18ClNO3S/c1-2-3-14(17)16-9-8-13(10-16)20(18,19)12-6-4-11(15)5-7-12/h4-7,13H,2-3,8-10H2,1H3. The zero-order valence-electron chi connectivity index (χ0n) is 11.4. The Kier molecular flexibility index (Phi) is 4.70. The maximum Gasteiger partial charge on any atom is 0.222 e. The highest BCUT2D eigenvalue weighted by Crippen LogP contribution is 2.25. The molecule has 1 amide bonds. The number of rotatable bonds is 4. The number of likely N-dealkylation sites (tertiary alicyclic amines) is 1. The summed E-state index contributed by atoms with van der Waals surface area (Å²) >= 11 is 5.77. The van der Waals surface area contributed by atoms with Crippen LogP contribution in [0.15, 0.2) is 29.2 Å². The first kappa shape index (κ1) is 15.3. The van der Waals surface area contributed by atoms with Crippen LogP contribution in [0, 0.1) is 0 Å². The van der Waals surface area contributed by atoms with Crippen LogP contribution in [0.2, 0.25) is 5.02 Å². The lowest BCUT2D eigenvalue weighted by atomic mass is 10.3. The summed E-state index contributed by atoms with van der Waals surface area (Å²) in [7, 11) is -3.39. The fourth-order valence-electron chi connectivity index (χ4n) is 2.40. The van der Waals surface area contributed by atoms with Gasteiger partial charge < -0.3 is 4.90 Å². The number of halogens is 1. The molecule has 0 aromatic heterocycles. The summed E-state index contributed by atoms with van der Waals surface area (Å²) in [6.07, 6.45) is 1.76. The van der Waals surface area contributed by atoms with Crippen LogP contribution in [0.3, 0.4) is 0 Å². The maximum atomic E-state index is 12.5. The fourth-order valence-corrected chi connectivity index (χ4v) is 4.21. The number of sulfone groups is 1. The Hall–Kier alpha value is -1.07. The summed E-state index contributed by atoms with van der Waals surface area (Å²) in [6.45, 7) is 2.76. The van der Waals surface area contributed by atoms with E-state index in [0.29, 0.717) is 31.0 Å². The average Bonchev–Trinajstić information content (AvgIpc) is 2.90. The van der Waals surface area contributed by atoms with Crippen molar-refractivity contribution in [3.63, 3.8) is 0 Å². The van der Waals surface area contributed by atoms with Gasteiger partial charge in [-0.2, -0.15) is 0 Å². The molecule has 1 saturated heterocycles. The molecule has 110 valence electrons. The summed E-state index contributed by atoms with van der Waals surface area (Å²) in [5.41, 5.74) is 0. The fraction of sp³-hybridized carbons (Fsp3) is 0.500. The Morgan fingerprint density at radius 2 is 2.00 bits per heavy atom. The third-order valence-electron chi connectivity index (χ3n) is 3.54. The molecule has 1 fully saturated rings. The van der Waals surface area contributed by atoms with Gasteiger partial charge in [-0.1, -0.05) is 18.5 Å². The molecule has 1 aromatic carbocycles. The van der Waals surface area contributed by atoms with Crippen molar-refractivity contribution < 1.29 is 13.2 Å². The average molecular weight is 316 g/mol. The van der Waals surface area contributed by atoms with Gasteiger partial charge in [-0.25, -0.2) is 8.42 Å². The number of benzene rings is 1. The normalized spacial score (nSPS) is 19.3. The van der Waals surface area contributed by atoms with Crippen LogP contribution in [0.5, 0.6) is 0 Å². The topological polar surface area (TPSA) is 54.5 Å². The first-order valence-electron chi connectivity index (χ1n) is 6.72. The van der Waals surface area contributed by atoms with Gasteiger partial charge in [0, 0.05) is 24.5 Å². The Bertz CT molecular complexity index is 583. The van der Waals surface area contributed by atoms with E-state index in [-0.39, 0.29) is 10.8 Å². The second-order valence-corrected chi connectivity index (χ2v) is 7.66. The van der Waals surface area contributed by atoms with E-state index in [1.807, 2.05) is 6.92 Å². The quantitative estimate of drug-likeness (QED) is 0.858. The zero-order chi connectivity index (χ0) is 14.8. The van der Waals surface area contributed by atoms with Gasteiger partial charge in [0.2, 0.25) is 5.91 Å². The molecule has 1 aliphatic heterocycles. The van der Waals surface area contributed by atoms with Gasteiger partial charge >= 0.3 is 0 Å². The van der Waals surface area contributed by atoms with E-state index in [4.69, 9.17) is 11.6 Å². The molecule has 20 heavy (non-hydrogen) atoms. The van der Waals surface area contributed by atoms with Crippen molar-refractivity contribution in [2.75, 3.05) is 13.1 Å². The van der Waals surface area contributed by atoms with Crippen molar-refractivity contribution in [2.45, 2.75) is 36.3 Å². The van der Waals surface area contributed by atoms with E-state index in [1.165, 1.54) is 12.1 Å². The number of hydrogen-bond donors (Lipinski definition) is 0. The second kappa shape index (κ2) is 6.14. The largest absolute Gasteiger partial charge is 0.341 e. The molecule has 6 heteroatoms. The summed E-state index contributed by atoms with van der Waals surface area (Å²) in [4.78, 5) is 13.7. The minimum atomic E-state index is -3.39. The molecule has 1 atom stereocenters. The van der Waals surface area contributed by atoms with Gasteiger partial charge in [-0.3, -0.25) is 4.79 Å². The highest BCUT2D eigenvalue weighted by Gasteiger charge is 2.35. The Morgan fingerprint density at radius 1 is 1.35 bits per heavy atom. The van der Waals surface area contributed by atoms with E-state index >= 15 is 0 Å². The molecule has 1 aromatic rings. The Balaban J connectivity index is 2.12. The Morgan fingerprint density at radius 3 is 2.60 bits per heavy atom. The highest BCUT2D eigenvalue weighted by atomic mass is 35.5. The SMILES string of the molecule is CCCC(=O)N1CCC(S(=O)(=O)c2ccc(Cl)cc2)C1. The zero-order valence-corrected chi connectivity index (χ0v) is 13.0. The summed E-state index contributed by atoms with van der Waals surface area (Å²) < 4.78 is 25.0. The summed E-state index contributed by atoms with van der Waals surface area (Å²) in [5, 5.41) is -0.000367. The first-order valence-corrected chi connectivity index (χ1v) is 8.65. The van der Waals surface area contributed by atoms with E-state index in [1.54, 1.807) is 17.0 Å². The smallest absolute Gasteiger partial charge is 0.222 e. The summed E-state index contributed by atoms with van der Waals surface area (Å²) in [6, 6.07) is 6.19. The van der Waals surface area contributed by atoms with E-state index in [2.05, 4.69) is 0 Å². The monoisotopic (exact) mass is 315 g/mol. The lowest BCUT2D eigenvalue weighted by Gasteiger charge is -2.16.